The first-order chi connectivity index (χ1) is 8.72. The molecule has 1 aromatic heterocycles. The Morgan fingerprint density at radius 1 is 1.50 bits per heavy atom. The maximum absolute atomic E-state index is 4.75. The Balaban J connectivity index is 1.88. The van der Waals surface area contributed by atoms with Crippen LogP contribution in [0, 0.1) is 5.92 Å². The number of anilines is 1. The summed E-state index contributed by atoms with van der Waals surface area (Å²) in [4.78, 5) is 7.15. The highest BCUT2D eigenvalue weighted by molar-refractivity contribution is 7.13. The van der Waals surface area contributed by atoms with Crippen LogP contribution in [-0.2, 0) is 6.54 Å². The third-order valence-corrected chi connectivity index (χ3v) is 4.52. The van der Waals surface area contributed by atoms with Crippen LogP contribution in [0.5, 0.6) is 0 Å². The molecular weight excluding hydrogens is 242 g/mol. The van der Waals surface area contributed by atoms with Gasteiger partial charge in [-0.3, -0.25) is 0 Å². The molecule has 0 aliphatic heterocycles. The number of nitrogens with one attached hydrogen (secondary N) is 1. The number of thiazole rings is 1. The monoisotopic (exact) mass is 267 g/mol. The van der Waals surface area contributed by atoms with Crippen LogP contribution in [-0.4, -0.2) is 24.1 Å². The molecule has 1 heterocycles. The zero-order valence-electron chi connectivity index (χ0n) is 11.8. The topological polar surface area (TPSA) is 28.2 Å². The Labute approximate surface area is 115 Å². The molecule has 18 heavy (non-hydrogen) atoms. The van der Waals surface area contributed by atoms with E-state index >= 15 is 0 Å². The minimum absolute atomic E-state index is 0.738. The van der Waals surface area contributed by atoms with Crippen molar-refractivity contribution in [2.75, 3.05) is 18.0 Å². The molecule has 1 aliphatic rings. The number of nitrogens with zero attached hydrogens (tertiary/aromatic N) is 2. The summed E-state index contributed by atoms with van der Waals surface area (Å²) < 4.78 is 0. The molecule has 2 rings (SSSR count). The highest BCUT2D eigenvalue weighted by Crippen LogP contribution is 2.23. The van der Waals surface area contributed by atoms with Gasteiger partial charge in [0.15, 0.2) is 5.13 Å². The lowest BCUT2D eigenvalue weighted by Gasteiger charge is -2.23. The van der Waals surface area contributed by atoms with Gasteiger partial charge in [0.1, 0.15) is 0 Å². The fraction of sp³-hybridized carbons (Fsp3) is 0.786. The SMILES string of the molecule is CCC(C)CN(CC)c1nc(CNC2CC2)cs1. The molecule has 1 atom stereocenters. The van der Waals surface area contributed by atoms with Gasteiger partial charge in [0.2, 0.25) is 0 Å². The molecule has 1 fully saturated rings. The van der Waals surface area contributed by atoms with Crippen molar-refractivity contribution in [3.8, 4) is 0 Å². The molecule has 1 N–H and O–H groups in total. The molecule has 3 nitrogen and oxygen atoms in total. The molecule has 102 valence electrons. The average molecular weight is 267 g/mol. The summed E-state index contributed by atoms with van der Waals surface area (Å²) in [5, 5.41) is 6.90. The van der Waals surface area contributed by atoms with E-state index < -0.39 is 0 Å². The summed E-state index contributed by atoms with van der Waals surface area (Å²) in [6.45, 7) is 9.88. The van der Waals surface area contributed by atoms with Gasteiger partial charge in [-0.2, -0.15) is 0 Å². The number of hydrogen-bond acceptors (Lipinski definition) is 4. The van der Waals surface area contributed by atoms with Crippen LogP contribution in [0.1, 0.15) is 45.7 Å². The number of hydrogen-bond donors (Lipinski definition) is 1. The van der Waals surface area contributed by atoms with Crippen molar-refractivity contribution in [3.63, 3.8) is 0 Å². The van der Waals surface area contributed by atoms with Crippen LogP contribution in [0.4, 0.5) is 5.13 Å². The maximum Gasteiger partial charge on any atom is 0.185 e. The fourth-order valence-electron chi connectivity index (χ4n) is 1.91. The standard InChI is InChI=1S/C14H25N3S/c1-4-11(3)9-17(5-2)14-16-13(10-18-14)8-15-12-6-7-12/h10-12,15H,4-9H2,1-3H3. The van der Waals surface area contributed by atoms with Crippen molar-refractivity contribution >= 4 is 16.5 Å². The zero-order valence-corrected chi connectivity index (χ0v) is 12.6. The minimum atomic E-state index is 0.738. The van der Waals surface area contributed by atoms with E-state index in [2.05, 4.69) is 36.4 Å². The summed E-state index contributed by atoms with van der Waals surface area (Å²) in [7, 11) is 0. The van der Waals surface area contributed by atoms with Crippen molar-refractivity contribution in [2.45, 2.75) is 52.6 Å². The first kappa shape index (κ1) is 13.8. The summed E-state index contributed by atoms with van der Waals surface area (Å²) in [6, 6.07) is 0.762. The minimum Gasteiger partial charge on any atom is -0.348 e. The highest BCUT2D eigenvalue weighted by Gasteiger charge is 2.20. The van der Waals surface area contributed by atoms with Gasteiger partial charge in [-0.1, -0.05) is 20.3 Å². The fourth-order valence-corrected chi connectivity index (χ4v) is 2.81. The number of aromatic nitrogens is 1. The molecule has 0 aromatic carbocycles. The molecule has 1 saturated carbocycles. The summed E-state index contributed by atoms with van der Waals surface area (Å²) in [5.41, 5.74) is 1.20. The van der Waals surface area contributed by atoms with E-state index in [9.17, 15) is 0 Å². The van der Waals surface area contributed by atoms with E-state index in [4.69, 9.17) is 4.98 Å². The van der Waals surface area contributed by atoms with E-state index in [1.54, 1.807) is 11.3 Å². The third-order valence-electron chi connectivity index (χ3n) is 3.57. The Bertz CT molecular complexity index is 360. The van der Waals surface area contributed by atoms with Crippen LogP contribution in [0.3, 0.4) is 0 Å². The summed E-state index contributed by atoms with van der Waals surface area (Å²) in [5.74, 6) is 0.738. The van der Waals surface area contributed by atoms with Gasteiger partial charge in [0, 0.05) is 31.1 Å². The van der Waals surface area contributed by atoms with Gasteiger partial charge < -0.3 is 10.2 Å². The molecule has 0 amide bonds. The van der Waals surface area contributed by atoms with E-state index in [-0.39, 0.29) is 0 Å². The Morgan fingerprint density at radius 3 is 2.89 bits per heavy atom. The molecule has 0 bridgehead atoms. The molecular formula is C14H25N3S. The van der Waals surface area contributed by atoms with Crippen LogP contribution in [0.2, 0.25) is 0 Å². The molecule has 4 heteroatoms. The van der Waals surface area contributed by atoms with Gasteiger partial charge in [-0.15, -0.1) is 11.3 Å². The van der Waals surface area contributed by atoms with E-state index in [0.717, 1.165) is 31.6 Å². The number of rotatable bonds is 8. The van der Waals surface area contributed by atoms with E-state index in [1.165, 1.54) is 30.1 Å². The average Bonchev–Trinajstić information content (AvgIpc) is 3.11. The Kier molecular flexibility index (Phi) is 5.01. The van der Waals surface area contributed by atoms with Gasteiger partial charge in [-0.05, 0) is 25.7 Å². The Morgan fingerprint density at radius 2 is 2.28 bits per heavy atom. The van der Waals surface area contributed by atoms with E-state index in [1.807, 2.05) is 0 Å². The van der Waals surface area contributed by atoms with Crippen molar-refractivity contribution < 1.29 is 0 Å². The lowest BCUT2D eigenvalue weighted by molar-refractivity contribution is 0.547. The largest absolute Gasteiger partial charge is 0.348 e. The molecule has 0 spiro atoms. The molecule has 0 saturated heterocycles. The van der Waals surface area contributed by atoms with Crippen LogP contribution in [0.25, 0.3) is 0 Å². The smallest absolute Gasteiger partial charge is 0.185 e. The van der Waals surface area contributed by atoms with Crippen molar-refractivity contribution in [3.05, 3.63) is 11.1 Å². The second-order valence-electron chi connectivity index (χ2n) is 5.33. The first-order valence-electron chi connectivity index (χ1n) is 7.15. The zero-order chi connectivity index (χ0) is 13.0. The first-order valence-corrected chi connectivity index (χ1v) is 8.03. The third kappa shape index (κ3) is 3.95. The van der Waals surface area contributed by atoms with Crippen LogP contribution in [0.15, 0.2) is 5.38 Å². The van der Waals surface area contributed by atoms with Crippen molar-refractivity contribution in [1.29, 1.82) is 0 Å². The second-order valence-corrected chi connectivity index (χ2v) is 6.17. The van der Waals surface area contributed by atoms with Gasteiger partial charge >= 0.3 is 0 Å². The van der Waals surface area contributed by atoms with Gasteiger partial charge in [-0.25, -0.2) is 4.98 Å². The highest BCUT2D eigenvalue weighted by atomic mass is 32.1. The molecule has 1 aromatic rings. The Hall–Kier alpha value is -0.610. The molecule has 0 radical (unpaired) electrons. The quantitative estimate of drug-likeness (QED) is 0.783. The predicted molar refractivity (Wildman–Crippen MR) is 79.3 cm³/mol. The lowest BCUT2D eigenvalue weighted by atomic mass is 10.1. The maximum atomic E-state index is 4.75. The lowest BCUT2D eigenvalue weighted by Crippen LogP contribution is -2.28. The van der Waals surface area contributed by atoms with Gasteiger partial charge in [0.05, 0.1) is 5.69 Å². The second kappa shape index (κ2) is 6.53. The molecule has 1 aliphatic carbocycles. The summed E-state index contributed by atoms with van der Waals surface area (Å²) in [6.07, 6.45) is 3.91. The van der Waals surface area contributed by atoms with Crippen LogP contribution < -0.4 is 10.2 Å². The summed E-state index contributed by atoms with van der Waals surface area (Å²) >= 11 is 1.78. The van der Waals surface area contributed by atoms with Crippen molar-refractivity contribution in [2.24, 2.45) is 5.92 Å². The molecule has 1 unspecified atom stereocenters. The normalized spacial score (nSPS) is 16.8. The van der Waals surface area contributed by atoms with Crippen molar-refractivity contribution in [1.82, 2.24) is 10.3 Å². The van der Waals surface area contributed by atoms with Crippen LogP contribution >= 0.6 is 11.3 Å². The van der Waals surface area contributed by atoms with Gasteiger partial charge in [0.25, 0.3) is 0 Å². The predicted octanol–water partition coefficient (Wildman–Crippen LogP) is 3.27. The van der Waals surface area contributed by atoms with E-state index in [0.29, 0.717) is 0 Å².